The summed E-state index contributed by atoms with van der Waals surface area (Å²) in [5.74, 6) is -0.000235. The van der Waals surface area contributed by atoms with Crippen LogP contribution in [0.1, 0.15) is 40.2 Å². The standard InChI is InChI=1S/C16H25N3O3S2/c1-24(21,22)17-9-7-12-5-6-15(23-12)16(20)18-13-8-11-19-10-3-2-4-14(13)19/h5-6,13-14,17H,2-4,7-11H2,1H3,(H,18,20)/t13-,14-/m1/s1. The van der Waals surface area contributed by atoms with Gasteiger partial charge in [-0.05, 0) is 44.4 Å². The largest absolute Gasteiger partial charge is 0.347 e. The molecule has 1 aromatic rings. The first-order valence-electron chi connectivity index (χ1n) is 8.51. The summed E-state index contributed by atoms with van der Waals surface area (Å²) in [7, 11) is -3.16. The van der Waals surface area contributed by atoms with Gasteiger partial charge in [0.25, 0.3) is 5.91 Å². The lowest BCUT2D eigenvalue weighted by Gasteiger charge is -2.32. The lowest BCUT2D eigenvalue weighted by Crippen LogP contribution is -2.46. The quantitative estimate of drug-likeness (QED) is 0.788. The summed E-state index contributed by atoms with van der Waals surface area (Å²) < 4.78 is 24.6. The molecular formula is C16H25N3O3S2. The van der Waals surface area contributed by atoms with Gasteiger partial charge in [0.05, 0.1) is 11.1 Å². The van der Waals surface area contributed by atoms with Gasteiger partial charge in [0.15, 0.2) is 0 Å². The highest BCUT2D eigenvalue weighted by Gasteiger charge is 2.36. The second kappa shape index (κ2) is 7.51. The van der Waals surface area contributed by atoms with E-state index < -0.39 is 10.0 Å². The number of sulfonamides is 1. The van der Waals surface area contributed by atoms with E-state index in [0.717, 1.165) is 30.6 Å². The minimum atomic E-state index is -3.16. The van der Waals surface area contributed by atoms with Crippen LogP contribution in [-0.4, -0.2) is 57.2 Å². The highest BCUT2D eigenvalue weighted by atomic mass is 32.2. The van der Waals surface area contributed by atoms with Crippen molar-refractivity contribution in [1.29, 1.82) is 0 Å². The van der Waals surface area contributed by atoms with Crippen molar-refractivity contribution in [3.8, 4) is 0 Å². The zero-order valence-electron chi connectivity index (χ0n) is 14.0. The molecule has 0 radical (unpaired) electrons. The summed E-state index contributed by atoms with van der Waals surface area (Å²) in [6.45, 7) is 2.61. The molecule has 2 aliphatic rings. The van der Waals surface area contributed by atoms with Gasteiger partial charge in [-0.15, -0.1) is 11.3 Å². The van der Waals surface area contributed by atoms with E-state index in [1.807, 2.05) is 12.1 Å². The number of piperidine rings is 1. The Kier molecular flexibility index (Phi) is 5.59. The van der Waals surface area contributed by atoms with Gasteiger partial charge in [-0.3, -0.25) is 9.69 Å². The number of carbonyl (C=O) groups excluding carboxylic acids is 1. The molecule has 24 heavy (non-hydrogen) atoms. The normalized spacial score (nSPS) is 24.7. The van der Waals surface area contributed by atoms with Crippen LogP contribution >= 0.6 is 11.3 Å². The van der Waals surface area contributed by atoms with Crippen LogP contribution in [0.5, 0.6) is 0 Å². The molecule has 1 aromatic heterocycles. The second-order valence-corrected chi connectivity index (χ2v) is 9.65. The maximum absolute atomic E-state index is 12.5. The summed E-state index contributed by atoms with van der Waals surface area (Å²) in [6.07, 6.45) is 6.49. The lowest BCUT2D eigenvalue weighted by molar-refractivity contribution is 0.0919. The molecule has 3 rings (SSSR count). The van der Waals surface area contributed by atoms with Crippen LogP contribution in [0.2, 0.25) is 0 Å². The Labute approximate surface area is 147 Å². The van der Waals surface area contributed by atoms with Gasteiger partial charge >= 0.3 is 0 Å². The van der Waals surface area contributed by atoms with Crippen LogP contribution < -0.4 is 10.0 Å². The molecule has 3 heterocycles. The number of fused-ring (bicyclic) bond motifs is 1. The zero-order valence-corrected chi connectivity index (χ0v) is 15.6. The average molecular weight is 372 g/mol. The van der Waals surface area contributed by atoms with Crippen LogP contribution in [0, 0.1) is 0 Å². The number of hydrogen-bond acceptors (Lipinski definition) is 5. The van der Waals surface area contributed by atoms with Crippen LogP contribution in [0.4, 0.5) is 0 Å². The molecule has 2 saturated heterocycles. The molecule has 0 unspecified atom stereocenters. The average Bonchev–Trinajstić information content (AvgIpc) is 3.14. The molecule has 2 fully saturated rings. The first-order valence-corrected chi connectivity index (χ1v) is 11.2. The van der Waals surface area contributed by atoms with E-state index in [-0.39, 0.29) is 11.9 Å². The van der Waals surface area contributed by atoms with Gasteiger partial charge in [0.1, 0.15) is 0 Å². The number of rotatable bonds is 6. The fourth-order valence-electron chi connectivity index (χ4n) is 3.65. The second-order valence-electron chi connectivity index (χ2n) is 6.65. The minimum Gasteiger partial charge on any atom is -0.347 e. The van der Waals surface area contributed by atoms with Crippen molar-refractivity contribution in [1.82, 2.24) is 14.9 Å². The number of nitrogens with zero attached hydrogens (tertiary/aromatic N) is 1. The van der Waals surface area contributed by atoms with Crippen LogP contribution in [-0.2, 0) is 16.4 Å². The maximum atomic E-state index is 12.5. The first kappa shape index (κ1) is 17.8. The number of amides is 1. The lowest BCUT2D eigenvalue weighted by atomic mass is 9.99. The number of hydrogen-bond donors (Lipinski definition) is 2. The fraction of sp³-hybridized carbons (Fsp3) is 0.688. The minimum absolute atomic E-state index is 0.000235. The summed E-state index contributed by atoms with van der Waals surface area (Å²) in [4.78, 5) is 16.7. The number of thiophene rings is 1. The maximum Gasteiger partial charge on any atom is 0.261 e. The predicted octanol–water partition coefficient (Wildman–Crippen LogP) is 1.20. The molecule has 8 heteroatoms. The molecule has 6 nitrogen and oxygen atoms in total. The third-order valence-electron chi connectivity index (χ3n) is 4.79. The van der Waals surface area contributed by atoms with Gasteiger partial charge in [-0.1, -0.05) is 6.42 Å². The van der Waals surface area contributed by atoms with Gasteiger partial charge in [0, 0.05) is 30.1 Å². The van der Waals surface area contributed by atoms with Crippen molar-refractivity contribution >= 4 is 27.3 Å². The van der Waals surface area contributed by atoms with E-state index in [9.17, 15) is 13.2 Å². The SMILES string of the molecule is CS(=O)(=O)NCCc1ccc(C(=O)N[C@@H]2CCN3CCCC[C@H]23)s1. The third-order valence-corrected chi connectivity index (χ3v) is 6.67. The molecule has 134 valence electrons. The highest BCUT2D eigenvalue weighted by molar-refractivity contribution is 7.88. The Hall–Kier alpha value is -0.960. The van der Waals surface area contributed by atoms with E-state index in [2.05, 4.69) is 14.9 Å². The van der Waals surface area contributed by atoms with Gasteiger partial charge in [-0.25, -0.2) is 13.1 Å². The monoisotopic (exact) mass is 371 g/mol. The predicted molar refractivity (Wildman–Crippen MR) is 96.0 cm³/mol. The Balaban J connectivity index is 1.52. The Morgan fingerprint density at radius 2 is 2.12 bits per heavy atom. The highest BCUT2D eigenvalue weighted by Crippen LogP contribution is 2.27. The van der Waals surface area contributed by atoms with Crippen molar-refractivity contribution in [2.75, 3.05) is 25.9 Å². The molecule has 0 aromatic carbocycles. The van der Waals surface area contributed by atoms with Gasteiger partial charge < -0.3 is 5.32 Å². The summed E-state index contributed by atoms with van der Waals surface area (Å²) >= 11 is 1.44. The topological polar surface area (TPSA) is 78.5 Å². The Morgan fingerprint density at radius 1 is 1.29 bits per heavy atom. The molecule has 0 bridgehead atoms. The summed E-state index contributed by atoms with van der Waals surface area (Å²) in [5, 5.41) is 3.21. The summed E-state index contributed by atoms with van der Waals surface area (Å²) in [6, 6.07) is 4.51. The molecule has 0 aliphatic carbocycles. The molecule has 2 aliphatic heterocycles. The summed E-state index contributed by atoms with van der Waals surface area (Å²) in [5.41, 5.74) is 0. The number of carbonyl (C=O) groups is 1. The van der Waals surface area contributed by atoms with Crippen LogP contribution in [0.15, 0.2) is 12.1 Å². The van der Waals surface area contributed by atoms with E-state index in [0.29, 0.717) is 23.9 Å². The van der Waals surface area contributed by atoms with E-state index in [1.54, 1.807) is 0 Å². The van der Waals surface area contributed by atoms with Gasteiger partial charge in [-0.2, -0.15) is 0 Å². The Morgan fingerprint density at radius 3 is 2.92 bits per heavy atom. The van der Waals surface area contributed by atoms with Crippen molar-refractivity contribution in [2.24, 2.45) is 0 Å². The molecule has 2 N–H and O–H groups in total. The fourth-order valence-corrected chi connectivity index (χ4v) is 5.03. The third kappa shape index (κ3) is 4.56. The molecular weight excluding hydrogens is 346 g/mol. The smallest absolute Gasteiger partial charge is 0.261 e. The van der Waals surface area contributed by atoms with Crippen molar-refractivity contribution in [2.45, 2.75) is 44.2 Å². The molecule has 0 saturated carbocycles. The first-order chi connectivity index (χ1) is 11.4. The van der Waals surface area contributed by atoms with Crippen LogP contribution in [0.25, 0.3) is 0 Å². The zero-order chi connectivity index (χ0) is 17.2. The van der Waals surface area contributed by atoms with E-state index in [1.165, 1.54) is 30.6 Å². The van der Waals surface area contributed by atoms with E-state index >= 15 is 0 Å². The molecule has 2 atom stereocenters. The Bertz CT molecular complexity index is 686. The van der Waals surface area contributed by atoms with Crippen LogP contribution in [0.3, 0.4) is 0 Å². The van der Waals surface area contributed by atoms with Crippen molar-refractivity contribution < 1.29 is 13.2 Å². The molecule has 0 spiro atoms. The van der Waals surface area contributed by atoms with Gasteiger partial charge in [0.2, 0.25) is 10.0 Å². The van der Waals surface area contributed by atoms with E-state index in [4.69, 9.17) is 0 Å². The molecule has 1 amide bonds. The van der Waals surface area contributed by atoms with Crippen molar-refractivity contribution in [3.05, 3.63) is 21.9 Å². The number of nitrogens with one attached hydrogen (secondary N) is 2. The van der Waals surface area contributed by atoms with Crippen molar-refractivity contribution in [3.63, 3.8) is 0 Å².